The second-order valence-corrected chi connectivity index (χ2v) is 5.61. The van der Waals surface area contributed by atoms with Gasteiger partial charge in [0.2, 0.25) is 0 Å². The van der Waals surface area contributed by atoms with E-state index in [1.165, 1.54) is 0 Å². The van der Waals surface area contributed by atoms with Crippen molar-refractivity contribution in [1.82, 2.24) is 5.32 Å². The molecule has 1 amide bonds. The number of hydrogen-bond donors (Lipinski definition) is 1. The molecule has 1 unspecified atom stereocenters. The maximum Gasteiger partial charge on any atom is 0.407 e. The van der Waals surface area contributed by atoms with Crippen molar-refractivity contribution in [3.63, 3.8) is 0 Å². The van der Waals surface area contributed by atoms with Crippen LogP contribution in [0.15, 0.2) is 0 Å². The van der Waals surface area contributed by atoms with Gasteiger partial charge in [-0.1, -0.05) is 0 Å². The molecule has 4 nitrogen and oxygen atoms in total. The summed E-state index contributed by atoms with van der Waals surface area (Å²) in [6, 6.07) is 0. The molecule has 16 heavy (non-hydrogen) atoms. The standard InChI is InChI=1S/C12H23NO3/c1-11(2,3)16-10(14)13-9-12(4)7-5-6-8-15-12/h5-9H2,1-4H3,(H,13,14). The van der Waals surface area contributed by atoms with Gasteiger partial charge in [-0.3, -0.25) is 0 Å². The highest BCUT2D eigenvalue weighted by Crippen LogP contribution is 2.23. The summed E-state index contributed by atoms with van der Waals surface area (Å²) in [4.78, 5) is 11.5. The molecular formula is C12H23NO3. The molecule has 0 radical (unpaired) electrons. The summed E-state index contributed by atoms with van der Waals surface area (Å²) in [5.41, 5.74) is -0.673. The van der Waals surface area contributed by atoms with Gasteiger partial charge in [-0.25, -0.2) is 4.79 Å². The fourth-order valence-electron chi connectivity index (χ4n) is 1.70. The molecule has 1 aliphatic heterocycles. The molecule has 1 heterocycles. The summed E-state index contributed by atoms with van der Waals surface area (Å²) in [5, 5.41) is 2.76. The van der Waals surface area contributed by atoms with Crippen LogP contribution >= 0.6 is 0 Å². The molecule has 0 aromatic heterocycles. The van der Waals surface area contributed by atoms with Gasteiger partial charge in [0.1, 0.15) is 5.60 Å². The van der Waals surface area contributed by atoms with Crippen LogP contribution in [0.25, 0.3) is 0 Å². The molecule has 0 saturated carbocycles. The SMILES string of the molecule is CC(C)(C)OC(=O)NCC1(C)CCCCO1. The van der Waals surface area contributed by atoms with Crippen molar-refractivity contribution in [3.05, 3.63) is 0 Å². The molecule has 1 saturated heterocycles. The molecule has 1 aliphatic rings. The van der Waals surface area contributed by atoms with Crippen molar-refractivity contribution in [3.8, 4) is 0 Å². The van der Waals surface area contributed by atoms with Crippen molar-refractivity contribution >= 4 is 6.09 Å². The van der Waals surface area contributed by atoms with Crippen LogP contribution in [0.3, 0.4) is 0 Å². The summed E-state index contributed by atoms with van der Waals surface area (Å²) in [6.07, 6.45) is 2.89. The molecule has 0 aliphatic carbocycles. The number of ether oxygens (including phenoxy) is 2. The molecular weight excluding hydrogens is 206 g/mol. The third-order valence-corrected chi connectivity index (χ3v) is 2.56. The second-order valence-electron chi connectivity index (χ2n) is 5.61. The maximum atomic E-state index is 11.5. The zero-order valence-electron chi connectivity index (χ0n) is 10.8. The molecule has 0 bridgehead atoms. The van der Waals surface area contributed by atoms with Crippen LogP contribution in [0.5, 0.6) is 0 Å². The van der Waals surface area contributed by atoms with E-state index in [2.05, 4.69) is 5.32 Å². The van der Waals surface area contributed by atoms with Gasteiger partial charge in [0.15, 0.2) is 0 Å². The average Bonchev–Trinajstić information content (AvgIpc) is 2.14. The number of carbonyl (C=O) groups is 1. The van der Waals surface area contributed by atoms with Crippen molar-refractivity contribution in [2.45, 2.75) is 58.2 Å². The lowest BCUT2D eigenvalue weighted by atomic mass is 9.96. The first kappa shape index (κ1) is 13.3. The third-order valence-electron chi connectivity index (χ3n) is 2.56. The van der Waals surface area contributed by atoms with Gasteiger partial charge in [0, 0.05) is 13.2 Å². The van der Waals surface area contributed by atoms with Crippen LogP contribution in [0.4, 0.5) is 4.79 Å². The van der Waals surface area contributed by atoms with Crippen LogP contribution in [-0.2, 0) is 9.47 Å². The van der Waals surface area contributed by atoms with Gasteiger partial charge in [-0.05, 0) is 47.0 Å². The minimum atomic E-state index is -0.446. The summed E-state index contributed by atoms with van der Waals surface area (Å²) in [5.74, 6) is 0. The molecule has 1 fully saturated rings. The highest BCUT2D eigenvalue weighted by molar-refractivity contribution is 5.67. The van der Waals surface area contributed by atoms with Gasteiger partial charge in [0.05, 0.1) is 5.60 Å². The number of hydrogen-bond acceptors (Lipinski definition) is 3. The summed E-state index contributed by atoms with van der Waals surface area (Å²) >= 11 is 0. The molecule has 0 spiro atoms. The van der Waals surface area contributed by atoms with E-state index in [4.69, 9.17) is 9.47 Å². The Bertz CT molecular complexity index is 239. The number of rotatable bonds is 2. The molecule has 0 aromatic carbocycles. The Hall–Kier alpha value is -0.770. The fraction of sp³-hybridized carbons (Fsp3) is 0.917. The van der Waals surface area contributed by atoms with Crippen LogP contribution in [0.2, 0.25) is 0 Å². The monoisotopic (exact) mass is 229 g/mol. The van der Waals surface area contributed by atoms with Gasteiger partial charge in [-0.2, -0.15) is 0 Å². The first-order valence-electron chi connectivity index (χ1n) is 5.92. The molecule has 0 aromatic rings. The molecule has 1 rings (SSSR count). The minimum Gasteiger partial charge on any atom is -0.444 e. The quantitative estimate of drug-likeness (QED) is 0.791. The molecule has 1 N–H and O–H groups in total. The smallest absolute Gasteiger partial charge is 0.407 e. The average molecular weight is 229 g/mol. The lowest BCUT2D eigenvalue weighted by molar-refractivity contribution is -0.0638. The first-order chi connectivity index (χ1) is 7.31. The lowest BCUT2D eigenvalue weighted by Gasteiger charge is -2.34. The zero-order valence-corrected chi connectivity index (χ0v) is 10.8. The number of alkyl carbamates (subject to hydrolysis) is 1. The Kier molecular flexibility index (Phi) is 4.19. The van der Waals surface area contributed by atoms with E-state index >= 15 is 0 Å². The zero-order chi connectivity index (χ0) is 12.2. The number of amides is 1. The first-order valence-corrected chi connectivity index (χ1v) is 5.92. The van der Waals surface area contributed by atoms with Gasteiger partial charge < -0.3 is 14.8 Å². The summed E-state index contributed by atoms with van der Waals surface area (Å²) in [7, 11) is 0. The van der Waals surface area contributed by atoms with E-state index in [9.17, 15) is 4.79 Å². The van der Waals surface area contributed by atoms with Crippen molar-refractivity contribution < 1.29 is 14.3 Å². The Labute approximate surface area is 97.7 Å². The number of nitrogens with one attached hydrogen (secondary N) is 1. The minimum absolute atomic E-state index is 0.227. The van der Waals surface area contributed by atoms with Crippen LogP contribution in [0.1, 0.15) is 47.0 Å². The number of carbonyl (C=O) groups excluding carboxylic acids is 1. The Morgan fingerprint density at radius 3 is 2.62 bits per heavy atom. The van der Waals surface area contributed by atoms with Gasteiger partial charge >= 0.3 is 6.09 Å². The lowest BCUT2D eigenvalue weighted by Crippen LogP contribution is -2.46. The highest BCUT2D eigenvalue weighted by Gasteiger charge is 2.29. The second kappa shape index (κ2) is 5.04. The third kappa shape index (κ3) is 4.84. The fourth-order valence-corrected chi connectivity index (χ4v) is 1.70. The van der Waals surface area contributed by atoms with E-state index in [1.807, 2.05) is 27.7 Å². The topological polar surface area (TPSA) is 47.6 Å². The van der Waals surface area contributed by atoms with E-state index in [0.717, 1.165) is 25.9 Å². The van der Waals surface area contributed by atoms with Crippen LogP contribution in [0, 0.1) is 0 Å². The molecule has 94 valence electrons. The molecule has 4 heteroatoms. The highest BCUT2D eigenvalue weighted by atomic mass is 16.6. The maximum absolute atomic E-state index is 11.5. The Morgan fingerprint density at radius 2 is 2.12 bits per heavy atom. The predicted octanol–water partition coefficient (Wildman–Crippen LogP) is 2.47. The summed E-state index contributed by atoms with van der Waals surface area (Å²) < 4.78 is 10.8. The summed E-state index contributed by atoms with van der Waals surface area (Å²) in [6.45, 7) is 8.89. The Balaban J connectivity index is 2.30. The van der Waals surface area contributed by atoms with E-state index < -0.39 is 5.60 Å². The van der Waals surface area contributed by atoms with Gasteiger partial charge in [0.25, 0.3) is 0 Å². The Morgan fingerprint density at radius 1 is 1.44 bits per heavy atom. The van der Waals surface area contributed by atoms with Crippen LogP contribution in [-0.4, -0.2) is 30.4 Å². The van der Waals surface area contributed by atoms with Crippen molar-refractivity contribution in [2.75, 3.05) is 13.2 Å². The largest absolute Gasteiger partial charge is 0.444 e. The van der Waals surface area contributed by atoms with Gasteiger partial charge in [-0.15, -0.1) is 0 Å². The van der Waals surface area contributed by atoms with Crippen molar-refractivity contribution in [2.24, 2.45) is 0 Å². The van der Waals surface area contributed by atoms with E-state index in [0.29, 0.717) is 6.54 Å². The predicted molar refractivity (Wildman–Crippen MR) is 62.4 cm³/mol. The van der Waals surface area contributed by atoms with E-state index in [-0.39, 0.29) is 11.7 Å². The van der Waals surface area contributed by atoms with E-state index in [1.54, 1.807) is 0 Å². The molecule has 1 atom stereocenters. The normalized spacial score (nSPS) is 26.2. The van der Waals surface area contributed by atoms with Crippen molar-refractivity contribution in [1.29, 1.82) is 0 Å². The van der Waals surface area contributed by atoms with Crippen LogP contribution < -0.4 is 5.32 Å².